The normalized spacial score (nSPS) is 13.6. The lowest BCUT2D eigenvalue weighted by atomic mass is 10.1. The maximum Gasteiger partial charge on any atom is 0.409 e. The topological polar surface area (TPSA) is 104 Å². The van der Waals surface area contributed by atoms with Crippen molar-refractivity contribution in [3.05, 3.63) is 53.5 Å². The van der Waals surface area contributed by atoms with Crippen molar-refractivity contribution in [2.45, 2.75) is 13.3 Å². The Bertz CT molecular complexity index is 1150. The largest absolute Gasteiger partial charge is 0.450 e. The van der Waals surface area contributed by atoms with Crippen LogP contribution in [0.3, 0.4) is 0 Å². The van der Waals surface area contributed by atoms with Crippen molar-refractivity contribution in [2.24, 2.45) is 0 Å². The van der Waals surface area contributed by atoms with Gasteiger partial charge >= 0.3 is 12.1 Å². The van der Waals surface area contributed by atoms with Crippen LogP contribution in [0.4, 0.5) is 20.4 Å². The summed E-state index contributed by atoms with van der Waals surface area (Å²) in [6.45, 7) is 3.75. The first-order valence-corrected chi connectivity index (χ1v) is 11.6. The summed E-state index contributed by atoms with van der Waals surface area (Å²) in [7, 11) is 0. The van der Waals surface area contributed by atoms with E-state index in [4.69, 9.17) is 4.74 Å². The Morgan fingerprint density at radius 1 is 1.00 bits per heavy atom. The average molecular weight is 468 g/mol. The lowest BCUT2D eigenvalue weighted by Gasteiger charge is -2.33. The number of piperazine rings is 1. The number of aromatic nitrogens is 1. The summed E-state index contributed by atoms with van der Waals surface area (Å²) in [5.41, 5.74) is 1.34. The highest BCUT2D eigenvalue weighted by molar-refractivity contribution is 7.13. The molecule has 0 spiro atoms. The Hall–Kier alpha value is -3.66. The van der Waals surface area contributed by atoms with Crippen molar-refractivity contribution in [3.63, 3.8) is 0 Å². The molecule has 1 saturated heterocycles. The first-order valence-electron chi connectivity index (χ1n) is 10.7. The lowest BCUT2D eigenvalue weighted by Crippen LogP contribution is -2.51. The fourth-order valence-corrected chi connectivity index (χ4v) is 4.32. The number of ether oxygens (including phenoxy) is 1. The van der Waals surface area contributed by atoms with Crippen molar-refractivity contribution in [1.29, 1.82) is 0 Å². The molecule has 4 amide bonds. The van der Waals surface area contributed by atoms with Gasteiger partial charge in [-0.1, -0.05) is 36.4 Å². The summed E-state index contributed by atoms with van der Waals surface area (Å²) >= 11 is 1.27. The van der Waals surface area contributed by atoms with E-state index in [-0.39, 0.29) is 24.5 Å². The summed E-state index contributed by atoms with van der Waals surface area (Å²) in [4.78, 5) is 44.5. The van der Waals surface area contributed by atoms with E-state index < -0.39 is 0 Å². The lowest BCUT2D eigenvalue weighted by molar-refractivity contribution is -0.115. The molecule has 2 aromatic carbocycles. The highest BCUT2D eigenvalue weighted by Gasteiger charge is 2.25. The number of amides is 4. The zero-order valence-corrected chi connectivity index (χ0v) is 19.1. The summed E-state index contributed by atoms with van der Waals surface area (Å²) in [6, 6.07) is 13.3. The van der Waals surface area contributed by atoms with Gasteiger partial charge in [0.2, 0.25) is 5.91 Å². The van der Waals surface area contributed by atoms with Gasteiger partial charge in [0.05, 0.1) is 18.7 Å². The molecular formula is C23H25N5O4S. The first-order chi connectivity index (χ1) is 16.0. The number of hydrogen-bond donors (Lipinski definition) is 2. The Labute approximate surface area is 195 Å². The third-order valence-electron chi connectivity index (χ3n) is 5.26. The predicted molar refractivity (Wildman–Crippen MR) is 128 cm³/mol. The highest BCUT2D eigenvalue weighted by Crippen LogP contribution is 2.23. The number of anilines is 2. The summed E-state index contributed by atoms with van der Waals surface area (Å²) in [5, 5.41) is 9.94. The Morgan fingerprint density at radius 3 is 2.52 bits per heavy atom. The maximum atomic E-state index is 12.6. The van der Waals surface area contributed by atoms with Gasteiger partial charge < -0.3 is 19.9 Å². The number of nitrogens with one attached hydrogen (secondary N) is 2. The smallest absolute Gasteiger partial charge is 0.409 e. The molecule has 0 unspecified atom stereocenters. The van der Waals surface area contributed by atoms with E-state index in [2.05, 4.69) is 15.6 Å². The number of nitrogens with zero attached hydrogens (tertiary/aromatic N) is 3. The number of rotatable bonds is 5. The highest BCUT2D eigenvalue weighted by atomic mass is 32.1. The average Bonchev–Trinajstić information content (AvgIpc) is 3.26. The van der Waals surface area contributed by atoms with Gasteiger partial charge in [0, 0.05) is 42.6 Å². The molecular weight excluding hydrogens is 442 g/mol. The standard InChI is InChI=1S/C23H25N5O4S/c1-2-32-23(31)28-12-10-27(11-13-28)22(30)26-21-24-17(15-33-21)14-20(29)25-19-9-5-7-16-6-3-4-8-18(16)19/h3-9,15H,2,10-14H2,1H3,(H,25,29)(H,24,26,30). The van der Waals surface area contributed by atoms with E-state index in [1.807, 2.05) is 42.5 Å². The second-order valence-electron chi connectivity index (χ2n) is 7.50. The third kappa shape index (κ3) is 5.58. The van der Waals surface area contributed by atoms with Crippen LogP contribution in [0.15, 0.2) is 47.8 Å². The minimum absolute atomic E-state index is 0.105. The SMILES string of the molecule is CCOC(=O)N1CCN(C(=O)Nc2nc(CC(=O)Nc3cccc4ccccc34)cs2)CC1. The zero-order chi connectivity index (χ0) is 23.2. The minimum atomic E-state index is -0.357. The molecule has 0 aliphatic carbocycles. The molecule has 3 aromatic rings. The van der Waals surface area contributed by atoms with E-state index in [0.717, 1.165) is 16.5 Å². The predicted octanol–water partition coefficient (Wildman–Crippen LogP) is 3.78. The van der Waals surface area contributed by atoms with Gasteiger partial charge in [-0.15, -0.1) is 11.3 Å². The maximum absolute atomic E-state index is 12.6. The third-order valence-corrected chi connectivity index (χ3v) is 6.07. The number of carbonyl (C=O) groups excluding carboxylic acids is 3. The molecule has 1 fully saturated rings. The van der Waals surface area contributed by atoms with Crippen LogP contribution < -0.4 is 10.6 Å². The van der Waals surface area contributed by atoms with Gasteiger partial charge in [0.1, 0.15) is 0 Å². The van der Waals surface area contributed by atoms with E-state index in [1.54, 1.807) is 22.1 Å². The van der Waals surface area contributed by atoms with Crippen LogP contribution in [0.25, 0.3) is 10.8 Å². The number of benzene rings is 2. The Balaban J connectivity index is 1.29. The van der Waals surface area contributed by atoms with Crippen LogP contribution >= 0.6 is 11.3 Å². The monoisotopic (exact) mass is 467 g/mol. The van der Waals surface area contributed by atoms with Gasteiger partial charge in [-0.05, 0) is 18.4 Å². The van der Waals surface area contributed by atoms with E-state index >= 15 is 0 Å². The van der Waals surface area contributed by atoms with Crippen LogP contribution in [0, 0.1) is 0 Å². The zero-order valence-electron chi connectivity index (χ0n) is 18.2. The molecule has 0 bridgehead atoms. The van der Waals surface area contributed by atoms with Crippen LogP contribution in [0.1, 0.15) is 12.6 Å². The van der Waals surface area contributed by atoms with Gasteiger partial charge in [0.15, 0.2) is 5.13 Å². The second kappa shape index (κ2) is 10.3. The number of fused-ring (bicyclic) bond motifs is 1. The Morgan fingerprint density at radius 2 is 1.73 bits per heavy atom. The van der Waals surface area contributed by atoms with Crippen molar-refractivity contribution in [2.75, 3.05) is 43.4 Å². The van der Waals surface area contributed by atoms with E-state index in [0.29, 0.717) is 43.6 Å². The summed E-state index contributed by atoms with van der Waals surface area (Å²) in [5.74, 6) is -0.176. The summed E-state index contributed by atoms with van der Waals surface area (Å²) in [6.07, 6.45) is -0.253. The number of thiazole rings is 1. The van der Waals surface area contributed by atoms with Crippen LogP contribution in [-0.4, -0.2) is 65.6 Å². The van der Waals surface area contributed by atoms with Gasteiger partial charge in [-0.3, -0.25) is 10.1 Å². The van der Waals surface area contributed by atoms with E-state index in [9.17, 15) is 14.4 Å². The molecule has 9 nitrogen and oxygen atoms in total. The number of hydrogen-bond acceptors (Lipinski definition) is 6. The first kappa shape index (κ1) is 22.5. The molecule has 0 atom stereocenters. The van der Waals surface area contributed by atoms with Crippen molar-refractivity contribution >= 4 is 51.0 Å². The second-order valence-corrected chi connectivity index (χ2v) is 8.36. The van der Waals surface area contributed by atoms with Gasteiger partial charge in [-0.25, -0.2) is 14.6 Å². The number of carbonyl (C=O) groups is 3. The van der Waals surface area contributed by atoms with Gasteiger partial charge in [-0.2, -0.15) is 0 Å². The molecule has 33 heavy (non-hydrogen) atoms. The molecule has 10 heteroatoms. The molecule has 1 aliphatic heterocycles. The molecule has 0 radical (unpaired) electrons. The van der Waals surface area contributed by atoms with Crippen LogP contribution in [0.2, 0.25) is 0 Å². The van der Waals surface area contributed by atoms with Crippen LogP contribution in [-0.2, 0) is 16.0 Å². The van der Waals surface area contributed by atoms with Gasteiger partial charge in [0.25, 0.3) is 0 Å². The van der Waals surface area contributed by atoms with Crippen molar-refractivity contribution in [1.82, 2.24) is 14.8 Å². The Kier molecular flexibility index (Phi) is 7.04. The van der Waals surface area contributed by atoms with Crippen molar-refractivity contribution in [3.8, 4) is 0 Å². The van der Waals surface area contributed by atoms with E-state index in [1.165, 1.54) is 11.3 Å². The van der Waals surface area contributed by atoms with Crippen molar-refractivity contribution < 1.29 is 19.1 Å². The van der Waals surface area contributed by atoms with Crippen LogP contribution in [0.5, 0.6) is 0 Å². The quantitative estimate of drug-likeness (QED) is 0.594. The minimum Gasteiger partial charge on any atom is -0.450 e. The summed E-state index contributed by atoms with van der Waals surface area (Å²) < 4.78 is 4.99. The number of urea groups is 1. The molecule has 4 rings (SSSR count). The molecule has 0 saturated carbocycles. The molecule has 1 aliphatic rings. The molecule has 2 heterocycles. The molecule has 2 N–H and O–H groups in total. The molecule has 172 valence electrons. The molecule has 1 aromatic heterocycles. The fourth-order valence-electron chi connectivity index (χ4n) is 3.62. The fraction of sp³-hybridized carbons (Fsp3) is 0.304.